The van der Waals surface area contributed by atoms with Crippen LogP contribution in [0.4, 0.5) is 32.8 Å². The van der Waals surface area contributed by atoms with Crippen molar-refractivity contribution in [1.82, 2.24) is 19.7 Å². The average molecular weight is 423 g/mol. The molecule has 0 radical (unpaired) electrons. The average Bonchev–Trinajstić information content (AvgIpc) is 3.22. The van der Waals surface area contributed by atoms with Crippen molar-refractivity contribution >= 4 is 33.9 Å². The Morgan fingerprint density at radius 1 is 1.19 bits per heavy atom. The highest BCUT2D eigenvalue weighted by Gasteiger charge is 2.30. The van der Waals surface area contributed by atoms with Crippen LogP contribution >= 0.6 is 23.1 Å². The van der Waals surface area contributed by atoms with E-state index < -0.39 is 12.9 Å². The highest BCUT2D eigenvalue weighted by Crippen LogP contribution is 2.31. The molecule has 0 spiro atoms. The van der Waals surface area contributed by atoms with Crippen molar-refractivity contribution < 1.29 is 26.7 Å². The van der Waals surface area contributed by atoms with E-state index in [2.05, 4.69) is 25.2 Å². The number of hydrogen-bond acceptors (Lipinski definition) is 7. The number of anilines is 2. The first-order valence-corrected chi connectivity index (χ1v) is 8.99. The predicted molar refractivity (Wildman–Crippen MR) is 89.4 cm³/mol. The van der Waals surface area contributed by atoms with Crippen molar-refractivity contribution in [3.8, 4) is 5.75 Å². The minimum Gasteiger partial charge on any atom is -0.406 e. The van der Waals surface area contributed by atoms with Gasteiger partial charge in [-0.1, -0.05) is 23.1 Å². The number of halogens is 5. The van der Waals surface area contributed by atoms with Gasteiger partial charge in [-0.15, -0.1) is 23.4 Å². The summed E-state index contributed by atoms with van der Waals surface area (Å²) < 4.78 is 67.0. The summed E-state index contributed by atoms with van der Waals surface area (Å²) in [7, 11) is 0. The van der Waals surface area contributed by atoms with Crippen LogP contribution in [0.2, 0.25) is 0 Å². The number of ether oxygens (including phenoxy) is 1. The molecule has 3 rings (SSSR count). The Hall–Kier alpha value is -2.41. The van der Waals surface area contributed by atoms with Gasteiger partial charge in [-0.3, -0.25) is 4.57 Å². The first-order chi connectivity index (χ1) is 12.8. The third kappa shape index (κ3) is 5.53. The highest BCUT2D eigenvalue weighted by molar-refractivity contribution is 8.00. The van der Waals surface area contributed by atoms with E-state index in [1.165, 1.54) is 47.6 Å². The summed E-state index contributed by atoms with van der Waals surface area (Å²) in [5, 5.41) is 11.1. The fraction of sp³-hybridized carbons (Fsp3) is 0.214. The second-order valence-corrected chi connectivity index (χ2v) is 7.09. The molecule has 0 bridgehead atoms. The lowest BCUT2D eigenvalue weighted by Crippen LogP contribution is -2.16. The molecule has 0 saturated carbocycles. The van der Waals surface area contributed by atoms with E-state index in [1.807, 2.05) is 0 Å². The van der Waals surface area contributed by atoms with E-state index in [9.17, 15) is 22.0 Å². The smallest absolute Gasteiger partial charge is 0.406 e. The van der Waals surface area contributed by atoms with E-state index >= 15 is 0 Å². The van der Waals surface area contributed by atoms with Gasteiger partial charge in [-0.25, -0.2) is 4.98 Å². The number of nitrogens with zero attached hydrogens (tertiary/aromatic N) is 4. The Balaban J connectivity index is 1.57. The standard InChI is InChI=1S/C14H10F5N5OS2/c15-11(16)24-6-5-20-10(24)7-26-13-23-22-12(27-13)21-8-1-3-9(4-2-8)25-14(17,18)19/h1-6,11H,7H2,(H,21,22). The summed E-state index contributed by atoms with van der Waals surface area (Å²) in [6.07, 6.45) is -2.26. The highest BCUT2D eigenvalue weighted by atomic mass is 32.2. The third-order valence-corrected chi connectivity index (χ3v) is 5.00. The molecule has 27 heavy (non-hydrogen) atoms. The molecule has 0 amide bonds. The summed E-state index contributed by atoms with van der Waals surface area (Å²) >= 11 is 2.37. The van der Waals surface area contributed by atoms with Crippen molar-refractivity contribution in [3.05, 3.63) is 42.5 Å². The monoisotopic (exact) mass is 423 g/mol. The second-order valence-electron chi connectivity index (χ2n) is 4.89. The van der Waals surface area contributed by atoms with Crippen molar-refractivity contribution in [1.29, 1.82) is 0 Å². The zero-order valence-electron chi connectivity index (χ0n) is 13.2. The van der Waals surface area contributed by atoms with Gasteiger partial charge in [0.05, 0.1) is 5.75 Å². The molecule has 2 heterocycles. The number of aromatic nitrogens is 4. The summed E-state index contributed by atoms with van der Waals surface area (Å²) in [5.74, 6) is 0.0613. The summed E-state index contributed by atoms with van der Waals surface area (Å²) in [6.45, 7) is -2.67. The zero-order chi connectivity index (χ0) is 19.4. The lowest BCUT2D eigenvalue weighted by Gasteiger charge is -2.09. The van der Waals surface area contributed by atoms with Gasteiger partial charge >= 0.3 is 12.9 Å². The molecular weight excluding hydrogens is 413 g/mol. The summed E-state index contributed by atoms with van der Waals surface area (Å²) in [5.41, 5.74) is 0.491. The first kappa shape index (κ1) is 19.4. The van der Waals surface area contributed by atoms with Crippen LogP contribution in [0.15, 0.2) is 41.0 Å². The summed E-state index contributed by atoms with van der Waals surface area (Å²) in [6, 6.07) is 5.12. The molecule has 6 nitrogen and oxygen atoms in total. The van der Waals surface area contributed by atoms with Crippen LogP contribution in [0.25, 0.3) is 0 Å². The quantitative estimate of drug-likeness (QED) is 0.423. The van der Waals surface area contributed by atoms with Crippen LogP contribution in [-0.4, -0.2) is 26.1 Å². The van der Waals surface area contributed by atoms with Gasteiger partial charge in [0.2, 0.25) is 5.13 Å². The van der Waals surface area contributed by atoms with Gasteiger partial charge < -0.3 is 10.1 Å². The Bertz CT molecular complexity index is 881. The zero-order valence-corrected chi connectivity index (χ0v) is 14.8. The van der Waals surface area contributed by atoms with Crippen molar-refractivity contribution in [3.63, 3.8) is 0 Å². The molecular formula is C14H10F5N5OS2. The van der Waals surface area contributed by atoms with Gasteiger partial charge in [-0.05, 0) is 24.3 Å². The number of hydrogen-bond donors (Lipinski definition) is 1. The van der Waals surface area contributed by atoms with Gasteiger partial charge in [0.1, 0.15) is 11.6 Å². The van der Waals surface area contributed by atoms with Crippen LogP contribution in [-0.2, 0) is 5.75 Å². The van der Waals surface area contributed by atoms with E-state index in [-0.39, 0.29) is 17.3 Å². The predicted octanol–water partition coefficient (Wildman–Crippen LogP) is 5.06. The van der Waals surface area contributed by atoms with Crippen LogP contribution in [0.5, 0.6) is 5.75 Å². The minimum atomic E-state index is -4.75. The van der Waals surface area contributed by atoms with Gasteiger partial charge in [0, 0.05) is 18.1 Å². The number of rotatable bonds is 7. The largest absolute Gasteiger partial charge is 0.573 e. The van der Waals surface area contributed by atoms with E-state index in [0.29, 0.717) is 15.2 Å². The van der Waals surface area contributed by atoms with Gasteiger partial charge in [-0.2, -0.15) is 8.78 Å². The Kier molecular flexibility index (Phi) is 5.79. The Labute approximate surface area is 157 Å². The van der Waals surface area contributed by atoms with E-state index in [4.69, 9.17) is 0 Å². The van der Waals surface area contributed by atoms with Crippen LogP contribution in [0, 0.1) is 0 Å². The number of benzene rings is 1. The maximum atomic E-state index is 12.8. The molecule has 0 fully saturated rings. The van der Waals surface area contributed by atoms with E-state index in [0.717, 1.165) is 16.7 Å². The SMILES string of the molecule is FC(F)n1ccnc1CSc1nnc(Nc2ccc(OC(F)(F)F)cc2)s1. The van der Waals surface area contributed by atoms with Crippen molar-refractivity contribution in [2.75, 3.05) is 5.32 Å². The fourth-order valence-corrected chi connectivity index (χ4v) is 3.66. The molecule has 0 aliphatic heterocycles. The molecule has 3 aromatic rings. The maximum Gasteiger partial charge on any atom is 0.573 e. The molecule has 13 heteroatoms. The number of imidazole rings is 1. The lowest BCUT2D eigenvalue weighted by molar-refractivity contribution is -0.274. The lowest BCUT2D eigenvalue weighted by atomic mass is 10.3. The Morgan fingerprint density at radius 2 is 1.93 bits per heavy atom. The van der Waals surface area contributed by atoms with Gasteiger partial charge in [0.15, 0.2) is 4.34 Å². The van der Waals surface area contributed by atoms with Crippen LogP contribution < -0.4 is 10.1 Å². The number of nitrogens with one attached hydrogen (secondary N) is 1. The normalized spacial score (nSPS) is 11.8. The minimum absolute atomic E-state index is 0.190. The molecule has 1 N–H and O–H groups in total. The van der Waals surface area contributed by atoms with Crippen LogP contribution in [0.1, 0.15) is 12.4 Å². The third-order valence-electron chi connectivity index (χ3n) is 3.03. The molecule has 0 unspecified atom stereocenters. The number of alkyl halides is 5. The molecule has 0 aliphatic rings. The van der Waals surface area contributed by atoms with E-state index in [1.54, 1.807) is 0 Å². The Morgan fingerprint density at radius 3 is 2.59 bits per heavy atom. The molecule has 144 valence electrons. The fourth-order valence-electron chi connectivity index (χ4n) is 1.94. The summed E-state index contributed by atoms with van der Waals surface area (Å²) in [4.78, 5) is 3.87. The molecule has 0 aliphatic carbocycles. The first-order valence-electron chi connectivity index (χ1n) is 7.19. The van der Waals surface area contributed by atoms with Crippen LogP contribution in [0.3, 0.4) is 0 Å². The second kappa shape index (κ2) is 8.08. The molecule has 0 saturated heterocycles. The van der Waals surface area contributed by atoms with Crippen molar-refractivity contribution in [2.45, 2.75) is 23.0 Å². The van der Waals surface area contributed by atoms with Crippen molar-refractivity contribution in [2.24, 2.45) is 0 Å². The molecule has 0 atom stereocenters. The van der Waals surface area contributed by atoms with Gasteiger partial charge in [0.25, 0.3) is 0 Å². The maximum absolute atomic E-state index is 12.8. The topological polar surface area (TPSA) is 64.9 Å². The molecule has 1 aromatic carbocycles. The molecule has 2 aromatic heterocycles. The number of thioether (sulfide) groups is 1.